The molecule has 20 heavy (non-hydrogen) atoms. The van der Waals surface area contributed by atoms with Crippen molar-refractivity contribution in [3.63, 3.8) is 0 Å². The van der Waals surface area contributed by atoms with Crippen LogP contribution in [0.1, 0.15) is 5.69 Å². The van der Waals surface area contributed by atoms with Crippen LogP contribution in [0.3, 0.4) is 0 Å². The van der Waals surface area contributed by atoms with Crippen LogP contribution in [0, 0.1) is 6.92 Å². The van der Waals surface area contributed by atoms with E-state index in [1.165, 1.54) is 30.0 Å². The van der Waals surface area contributed by atoms with E-state index in [4.69, 9.17) is 10.5 Å². The van der Waals surface area contributed by atoms with Crippen molar-refractivity contribution in [2.75, 3.05) is 17.6 Å². The fourth-order valence-electron chi connectivity index (χ4n) is 1.76. The fraction of sp³-hybridized carbons (Fsp3) is 0.250. The molecule has 7 nitrogen and oxygen atoms in total. The lowest BCUT2D eigenvalue weighted by atomic mass is 10.3. The van der Waals surface area contributed by atoms with Crippen LogP contribution >= 0.6 is 0 Å². The molecule has 0 saturated carbocycles. The first-order chi connectivity index (χ1) is 9.33. The van der Waals surface area contributed by atoms with Crippen molar-refractivity contribution in [3.8, 4) is 5.75 Å². The number of methoxy groups -OCH3 is 1. The standard InChI is InChI=1S/C12H16N4O3S/c1-8-6-12(16(2)14-8)15-20(17,18)9-4-5-10(13)11(7-9)19-3/h4-7,15H,13H2,1-3H3. The average Bonchev–Trinajstić information content (AvgIpc) is 2.67. The zero-order valence-electron chi connectivity index (χ0n) is 11.4. The van der Waals surface area contributed by atoms with E-state index in [9.17, 15) is 8.42 Å². The van der Waals surface area contributed by atoms with E-state index in [1.54, 1.807) is 20.0 Å². The van der Waals surface area contributed by atoms with Gasteiger partial charge in [0.2, 0.25) is 0 Å². The van der Waals surface area contributed by atoms with Crippen LogP contribution in [0.4, 0.5) is 11.5 Å². The van der Waals surface area contributed by atoms with Crippen LogP contribution < -0.4 is 15.2 Å². The molecular formula is C12H16N4O3S. The van der Waals surface area contributed by atoms with E-state index in [2.05, 4.69) is 9.82 Å². The average molecular weight is 296 g/mol. The van der Waals surface area contributed by atoms with Crippen LogP contribution in [0.15, 0.2) is 29.2 Å². The van der Waals surface area contributed by atoms with E-state index in [1.807, 2.05) is 0 Å². The summed E-state index contributed by atoms with van der Waals surface area (Å²) in [4.78, 5) is 0.0717. The third-order valence-electron chi connectivity index (χ3n) is 2.76. The van der Waals surface area contributed by atoms with Gasteiger partial charge in [-0.15, -0.1) is 0 Å². The molecule has 1 aromatic heterocycles. The number of benzene rings is 1. The Hall–Kier alpha value is -2.22. The summed E-state index contributed by atoms with van der Waals surface area (Å²) in [6, 6.07) is 5.93. The highest BCUT2D eigenvalue weighted by atomic mass is 32.2. The Morgan fingerprint density at radius 1 is 1.35 bits per heavy atom. The minimum absolute atomic E-state index is 0.0717. The lowest BCUT2D eigenvalue weighted by molar-refractivity contribution is 0.415. The zero-order valence-corrected chi connectivity index (χ0v) is 12.2. The number of nitrogens with one attached hydrogen (secondary N) is 1. The number of nitrogens with zero attached hydrogens (tertiary/aromatic N) is 2. The fourth-order valence-corrected chi connectivity index (χ4v) is 2.85. The highest BCUT2D eigenvalue weighted by Crippen LogP contribution is 2.26. The molecule has 3 N–H and O–H groups in total. The molecule has 0 fully saturated rings. The molecule has 2 rings (SSSR count). The van der Waals surface area contributed by atoms with E-state index in [-0.39, 0.29) is 4.90 Å². The molecule has 0 aliphatic carbocycles. The number of anilines is 2. The van der Waals surface area contributed by atoms with Crippen LogP contribution in [0.5, 0.6) is 5.75 Å². The Balaban J connectivity index is 2.38. The molecule has 0 aliphatic rings. The molecule has 108 valence electrons. The molecular weight excluding hydrogens is 280 g/mol. The second-order valence-corrected chi connectivity index (χ2v) is 5.99. The number of aromatic nitrogens is 2. The molecule has 0 atom stereocenters. The summed E-state index contributed by atoms with van der Waals surface area (Å²) in [6.45, 7) is 1.78. The number of aryl methyl sites for hydroxylation is 2. The second kappa shape index (κ2) is 5.04. The predicted molar refractivity (Wildman–Crippen MR) is 76.2 cm³/mol. The summed E-state index contributed by atoms with van der Waals surface area (Å²) in [6.07, 6.45) is 0. The Morgan fingerprint density at radius 3 is 2.60 bits per heavy atom. The first kappa shape index (κ1) is 14.2. The molecule has 0 aliphatic heterocycles. The highest BCUT2D eigenvalue weighted by Gasteiger charge is 2.18. The molecule has 8 heteroatoms. The van der Waals surface area contributed by atoms with Crippen molar-refractivity contribution in [2.45, 2.75) is 11.8 Å². The highest BCUT2D eigenvalue weighted by molar-refractivity contribution is 7.92. The first-order valence-electron chi connectivity index (χ1n) is 5.80. The van der Waals surface area contributed by atoms with Gasteiger partial charge in [0.05, 0.1) is 23.4 Å². The van der Waals surface area contributed by atoms with Crippen LogP contribution in [-0.2, 0) is 17.1 Å². The zero-order chi connectivity index (χ0) is 14.9. The monoisotopic (exact) mass is 296 g/mol. The van der Waals surface area contributed by atoms with Gasteiger partial charge in [0.25, 0.3) is 10.0 Å². The maximum atomic E-state index is 12.3. The topological polar surface area (TPSA) is 99.2 Å². The smallest absolute Gasteiger partial charge is 0.263 e. The van der Waals surface area contributed by atoms with E-state index in [0.29, 0.717) is 17.3 Å². The Morgan fingerprint density at radius 2 is 2.05 bits per heavy atom. The van der Waals surface area contributed by atoms with Crippen molar-refractivity contribution in [1.29, 1.82) is 0 Å². The summed E-state index contributed by atoms with van der Waals surface area (Å²) in [5.41, 5.74) is 6.77. The van der Waals surface area contributed by atoms with Gasteiger partial charge >= 0.3 is 0 Å². The third kappa shape index (κ3) is 2.69. The normalized spacial score (nSPS) is 11.3. The molecule has 0 bridgehead atoms. The van der Waals surface area contributed by atoms with Gasteiger partial charge in [-0.3, -0.25) is 9.40 Å². The summed E-state index contributed by atoms with van der Waals surface area (Å²) < 4.78 is 33.5. The van der Waals surface area contributed by atoms with E-state index in [0.717, 1.165) is 5.69 Å². The maximum Gasteiger partial charge on any atom is 0.263 e. The molecule has 0 spiro atoms. The molecule has 0 saturated heterocycles. The van der Waals surface area contributed by atoms with Gasteiger partial charge in [-0.05, 0) is 19.1 Å². The molecule has 0 amide bonds. The van der Waals surface area contributed by atoms with Gasteiger partial charge in [-0.1, -0.05) is 0 Å². The second-order valence-electron chi connectivity index (χ2n) is 4.30. The Bertz CT molecular complexity index is 737. The maximum absolute atomic E-state index is 12.3. The van der Waals surface area contributed by atoms with Gasteiger partial charge in [0.15, 0.2) is 0 Å². The lowest BCUT2D eigenvalue weighted by Gasteiger charge is -2.10. The van der Waals surface area contributed by atoms with Gasteiger partial charge < -0.3 is 10.5 Å². The largest absolute Gasteiger partial charge is 0.495 e. The Labute approximate surface area is 117 Å². The van der Waals surface area contributed by atoms with Crippen molar-refractivity contribution in [3.05, 3.63) is 30.0 Å². The van der Waals surface area contributed by atoms with Gasteiger partial charge in [0, 0.05) is 19.2 Å². The molecule has 1 heterocycles. The third-order valence-corrected chi connectivity index (χ3v) is 4.11. The molecule has 2 aromatic rings. The quantitative estimate of drug-likeness (QED) is 0.824. The minimum Gasteiger partial charge on any atom is -0.495 e. The van der Waals surface area contributed by atoms with Crippen LogP contribution in [-0.4, -0.2) is 25.3 Å². The summed E-state index contributed by atoms with van der Waals surface area (Å²) in [5.74, 6) is 0.701. The van der Waals surface area contributed by atoms with Gasteiger partial charge in [-0.2, -0.15) is 5.10 Å². The molecule has 1 aromatic carbocycles. The van der Waals surface area contributed by atoms with Crippen molar-refractivity contribution in [2.24, 2.45) is 7.05 Å². The minimum atomic E-state index is -3.72. The van der Waals surface area contributed by atoms with Gasteiger partial charge in [-0.25, -0.2) is 8.42 Å². The van der Waals surface area contributed by atoms with Crippen molar-refractivity contribution >= 4 is 21.5 Å². The summed E-state index contributed by atoms with van der Waals surface area (Å²) in [7, 11) is -0.627. The Kier molecular flexibility index (Phi) is 3.58. The first-order valence-corrected chi connectivity index (χ1v) is 7.29. The molecule has 0 radical (unpaired) electrons. The van der Waals surface area contributed by atoms with Crippen molar-refractivity contribution in [1.82, 2.24) is 9.78 Å². The number of sulfonamides is 1. The van der Waals surface area contributed by atoms with Crippen molar-refractivity contribution < 1.29 is 13.2 Å². The lowest BCUT2D eigenvalue weighted by Crippen LogP contribution is -2.15. The predicted octanol–water partition coefficient (Wildman–Crippen LogP) is 1.12. The summed E-state index contributed by atoms with van der Waals surface area (Å²) in [5, 5.41) is 4.08. The molecule has 0 unspecified atom stereocenters. The van der Waals surface area contributed by atoms with Crippen LogP contribution in [0.2, 0.25) is 0 Å². The number of nitrogens with two attached hydrogens (primary N) is 1. The number of ether oxygens (including phenoxy) is 1. The van der Waals surface area contributed by atoms with Crippen LogP contribution in [0.25, 0.3) is 0 Å². The van der Waals surface area contributed by atoms with E-state index < -0.39 is 10.0 Å². The van der Waals surface area contributed by atoms with Gasteiger partial charge in [0.1, 0.15) is 11.6 Å². The number of hydrogen-bond acceptors (Lipinski definition) is 5. The van der Waals surface area contributed by atoms with E-state index >= 15 is 0 Å². The number of hydrogen-bond donors (Lipinski definition) is 2. The number of rotatable bonds is 4. The SMILES string of the molecule is COc1cc(S(=O)(=O)Nc2cc(C)nn2C)ccc1N. The summed E-state index contributed by atoms with van der Waals surface area (Å²) >= 11 is 0. The number of nitrogen functional groups attached to an aromatic ring is 1.